The topological polar surface area (TPSA) is 66.9 Å². The van der Waals surface area contributed by atoms with Crippen LogP contribution >= 0.6 is 0 Å². The van der Waals surface area contributed by atoms with Gasteiger partial charge in [-0.3, -0.25) is 4.79 Å². The van der Waals surface area contributed by atoms with Gasteiger partial charge in [-0.15, -0.1) is 6.58 Å². The largest absolute Gasteiger partial charge is 0.366 e. The van der Waals surface area contributed by atoms with Crippen molar-refractivity contribution in [2.24, 2.45) is 5.92 Å². The summed E-state index contributed by atoms with van der Waals surface area (Å²) in [4.78, 5) is 20.3. The van der Waals surface area contributed by atoms with Crippen molar-refractivity contribution in [2.45, 2.75) is 27.2 Å². The van der Waals surface area contributed by atoms with E-state index < -0.39 is 0 Å². The summed E-state index contributed by atoms with van der Waals surface area (Å²) in [5, 5.41) is 5.92. The summed E-state index contributed by atoms with van der Waals surface area (Å²) in [7, 11) is 0. The van der Waals surface area contributed by atoms with Gasteiger partial charge >= 0.3 is 0 Å². The van der Waals surface area contributed by atoms with Gasteiger partial charge < -0.3 is 10.6 Å². The fraction of sp³-hybridized carbons (Fsp3) is 0.500. The van der Waals surface area contributed by atoms with Crippen LogP contribution in [0.3, 0.4) is 0 Å². The van der Waals surface area contributed by atoms with E-state index in [1.165, 1.54) is 0 Å². The molecule has 0 fully saturated rings. The zero-order valence-electron chi connectivity index (χ0n) is 11.9. The van der Waals surface area contributed by atoms with Crippen LogP contribution < -0.4 is 10.6 Å². The number of carbonyl (C=O) groups is 1. The van der Waals surface area contributed by atoms with Crippen molar-refractivity contribution in [3.05, 3.63) is 30.2 Å². The fourth-order valence-electron chi connectivity index (χ4n) is 1.52. The van der Waals surface area contributed by atoms with Gasteiger partial charge in [0.1, 0.15) is 17.3 Å². The second-order valence-electron chi connectivity index (χ2n) is 4.79. The molecule has 0 aromatic carbocycles. The molecule has 5 nitrogen and oxygen atoms in total. The van der Waals surface area contributed by atoms with Crippen molar-refractivity contribution in [3.63, 3.8) is 0 Å². The maximum Gasteiger partial charge on any atom is 0.270 e. The third kappa shape index (κ3) is 5.50. The minimum atomic E-state index is -0.159. The molecule has 0 unspecified atom stereocenters. The Morgan fingerprint density at radius 3 is 2.84 bits per heavy atom. The Kier molecular flexibility index (Phi) is 5.99. The van der Waals surface area contributed by atoms with E-state index in [2.05, 4.69) is 41.0 Å². The van der Waals surface area contributed by atoms with Crippen LogP contribution in [0.5, 0.6) is 0 Å². The van der Waals surface area contributed by atoms with Crippen LogP contribution in [-0.2, 0) is 0 Å². The average molecular weight is 262 g/mol. The number of nitrogens with one attached hydrogen (secondary N) is 2. The summed E-state index contributed by atoms with van der Waals surface area (Å²) in [5.74, 6) is 1.62. The van der Waals surface area contributed by atoms with E-state index in [1.54, 1.807) is 19.1 Å². The van der Waals surface area contributed by atoms with Crippen molar-refractivity contribution in [3.8, 4) is 0 Å². The summed E-state index contributed by atoms with van der Waals surface area (Å²) < 4.78 is 0. The molecule has 0 saturated heterocycles. The number of anilines is 1. The standard InChI is InChI=1S/C14H22N4O/c1-5-7-15-13-9-12(17-11(4)18-13)14(19)16-8-6-10(2)3/h5,9-10H,1,6-8H2,2-4H3,(H,16,19)(H,15,17,18). The summed E-state index contributed by atoms with van der Waals surface area (Å²) in [6.07, 6.45) is 2.69. The zero-order chi connectivity index (χ0) is 14.3. The Hall–Kier alpha value is -1.91. The van der Waals surface area contributed by atoms with Gasteiger partial charge in [0, 0.05) is 19.2 Å². The Balaban J connectivity index is 2.67. The quantitative estimate of drug-likeness (QED) is 0.739. The molecule has 2 N–H and O–H groups in total. The zero-order valence-corrected chi connectivity index (χ0v) is 11.9. The number of hydrogen-bond acceptors (Lipinski definition) is 4. The number of carbonyl (C=O) groups excluding carboxylic acids is 1. The highest BCUT2D eigenvalue weighted by Gasteiger charge is 2.09. The SMILES string of the molecule is C=CCNc1cc(C(=O)NCCC(C)C)nc(C)n1. The first-order chi connectivity index (χ1) is 9.02. The van der Waals surface area contributed by atoms with Gasteiger partial charge in [-0.1, -0.05) is 19.9 Å². The third-order valence-electron chi connectivity index (χ3n) is 2.51. The molecule has 0 aliphatic heterocycles. The van der Waals surface area contributed by atoms with Crippen molar-refractivity contribution in [1.82, 2.24) is 15.3 Å². The minimum Gasteiger partial charge on any atom is -0.366 e. The molecule has 1 amide bonds. The normalized spacial score (nSPS) is 10.3. The van der Waals surface area contributed by atoms with E-state index in [0.717, 1.165) is 6.42 Å². The van der Waals surface area contributed by atoms with Gasteiger partial charge in [0.05, 0.1) is 0 Å². The summed E-state index contributed by atoms with van der Waals surface area (Å²) in [5.41, 5.74) is 0.391. The van der Waals surface area contributed by atoms with Crippen molar-refractivity contribution in [2.75, 3.05) is 18.4 Å². The van der Waals surface area contributed by atoms with Crippen LogP contribution in [0.1, 0.15) is 36.6 Å². The molecule has 0 aliphatic carbocycles. The molecule has 1 rings (SSSR count). The lowest BCUT2D eigenvalue weighted by molar-refractivity contribution is 0.0946. The van der Waals surface area contributed by atoms with E-state index in [4.69, 9.17) is 0 Å². The van der Waals surface area contributed by atoms with Gasteiger partial charge in [-0.2, -0.15) is 0 Å². The molecule has 5 heteroatoms. The third-order valence-corrected chi connectivity index (χ3v) is 2.51. The number of nitrogens with zero attached hydrogens (tertiary/aromatic N) is 2. The molecule has 0 bridgehead atoms. The Morgan fingerprint density at radius 2 is 2.21 bits per heavy atom. The number of aromatic nitrogens is 2. The van der Waals surface area contributed by atoms with Gasteiger partial charge in [-0.25, -0.2) is 9.97 Å². The van der Waals surface area contributed by atoms with Gasteiger partial charge in [0.25, 0.3) is 5.91 Å². The van der Waals surface area contributed by atoms with E-state index in [9.17, 15) is 4.79 Å². The van der Waals surface area contributed by atoms with Gasteiger partial charge in [-0.05, 0) is 19.3 Å². The monoisotopic (exact) mass is 262 g/mol. The number of rotatable bonds is 7. The van der Waals surface area contributed by atoms with E-state index in [1.807, 2.05) is 0 Å². The molecule has 0 saturated carbocycles. The van der Waals surface area contributed by atoms with E-state index >= 15 is 0 Å². The summed E-state index contributed by atoms with van der Waals surface area (Å²) in [6.45, 7) is 10.9. The molecule has 0 radical (unpaired) electrons. The molecule has 1 aromatic heterocycles. The van der Waals surface area contributed by atoms with Crippen LogP contribution in [0.15, 0.2) is 18.7 Å². The number of aryl methyl sites for hydroxylation is 1. The highest BCUT2D eigenvalue weighted by Crippen LogP contribution is 2.06. The first kappa shape index (κ1) is 15.1. The minimum absolute atomic E-state index is 0.159. The molecule has 0 aliphatic rings. The first-order valence-corrected chi connectivity index (χ1v) is 6.51. The number of amides is 1. The van der Waals surface area contributed by atoms with Crippen molar-refractivity contribution in [1.29, 1.82) is 0 Å². The highest BCUT2D eigenvalue weighted by atomic mass is 16.1. The second kappa shape index (κ2) is 7.51. The summed E-state index contributed by atoms with van der Waals surface area (Å²) >= 11 is 0. The van der Waals surface area contributed by atoms with Gasteiger partial charge in [0.15, 0.2) is 0 Å². The molecule has 104 valence electrons. The van der Waals surface area contributed by atoms with Crippen molar-refractivity contribution >= 4 is 11.7 Å². The maximum atomic E-state index is 12.0. The number of hydrogen-bond donors (Lipinski definition) is 2. The fourth-order valence-corrected chi connectivity index (χ4v) is 1.52. The van der Waals surface area contributed by atoms with E-state index in [0.29, 0.717) is 36.3 Å². The molecule has 1 aromatic rings. The predicted molar refractivity (Wildman–Crippen MR) is 77.2 cm³/mol. The predicted octanol–water partition coefficient (Wildman–Crippen LogP) is 2.16. The smallest absolute Gasteiger partial charge is 0.270 e. The average Bonchev–Trinajstić information content (AvgIpc) is 2.35. The molecule has 19 heavy (non-hydrogen) atoms. The molecular weight excluding hydrogens is 240 g/mol. The molecule has 0 spiro atoms. The Morgan fingerprint density at radius 1 is 1.47 bits per heavy atom. The van der Waals surface area contributed by atoms with Crippen molar-refractivity contribution < 1.29 is 4.79 Å². The lowest BCUT2D eigenvalue weighted by atomic mass is 10.1. The molecular formula is C14H22N4O. The molecule has 1 heterocycles. The lowest BCUT2D eigenvalue weighted by Gasteiger charge is -2.09. The van der Waals surface area contributed by atoms with Crippen LogP contribution in [0.2, 0.25) is 0 Å². The Bertz CT molecular complexity index is 443. The van der Waals surface area contributed by atoms with E-state index in [-0.39, 0.29) is 5.91 Å². The van der Waals surface area contributed by atoms with Crippen LogP contribution in [0.4, 0.5) is 5.82 Å². The lowest BCUT2D eigenvalue weighted by Crippen LogP contribution is -2.26. The van der Waals surface area contributed by atoms with Crippen LogP contribution in [-0.4, -0.2) is 29.0 Å². The summed E-state index contributed by atoms with van der Waals surface area (Å²) in [6, 6.07) is 1.65. The molecule has 0 atom stereocenters. The maximum absolute atomic E-state index is 12.0. The first-order valence-electron chi connectivity index (χ1n) is 6.51. The van der Waals surface area contributed by atoms with Crippen LogP contribution in [0, 0.1) is 12.8 Å². The Labute approximate surface area is 114 Å². The van der Waals surface area contributed by atoms with Crippen LogP contribution in [0.25, 0.3) is 0 Å². The van der Waals surface area contributed by atoms with Gasteiger partial charge in [0.2, 0.25) is 0 Å². The second-order valence-corrected chi connectivity index (χ2v) is 4.79. The highest BCUT2D eigenvalue weighted by molar-refractivity contribution is 5.92.